The molecule has 1 fully saturated rings. The molecule has 4 nitrogen and oxygen atoms in total. The Morgan fingerprint density at radius 3 is 2.84 bits per heavy atom. The van der Waals surface area contributed by atoms with Gasteiger partial charge in [0.05, 0.1) is 7.11 Å². The number of carbonyl (C=O) groups excluding carboxylic acids is 1. The minimum absolute atomic E-state index is 0.147. The standard InChI is InChI=1S/C21H34N2O2/c1-5-6-7-8-13-23-14-12-21(3,17(2)16-23)18-10-9-11-19(15-18)22-20(24)25-4/h9-11,15,17H,5-8,12-14,16H2,1-4H3,(H,22,24). The molecule has 0 bridgehead atoms. The number of nitrogens with zero attached hydrogens (tertiary/aromatic N) is 1. The summed E-state index contributed by atoms with van der Waals surface area (Å²) in [5, 5.41) is 2.78. The molecule has 2 rings (SSSR count). The van der Waals surface area contributed by atoms with Crippen LogP contribution < -0.4 is 5.32 Å². The maximum absolute atomic E-state index is 11.5. The number of amides is 1. The van der Waals surface area contributed by atoms with Gasteiger partial charge in [-0.1, -0.05) is 52.2 Å². The summed E-state index contributed by atoms with van der Waals surface area (Å²) in [4.78, 5) is 14.1. The van der Waals surface area contributed by atoms with E-state index >= 15 is 0 Å². The number of benzene rings is 1. The Labute approximate surface area is 152 Å². The summed E-state index contributed by atoms with van der Waals surface area (Å²) in [5.74, 6) is 0.584. The average molecular weight is 347 g/mol. The van der Waals surface area contributed by atoms with Gasteiger partial charge in [0, 0.05) is 12.2 Å². The number of anilines is 1. The predicted octanol–water partition coefficient (Wildman–Crippen LogP) is 5.04. The fourth-order valence-electron chi connectivity index (χ4n) is 3.83. The Morgan fingerprint density at radius 1 is 1.36 bits per heavy atom. The van der Waals surface area contributed by atoms with E-state index in [1.54, 1.807) is 0 Å². The Morgan fingerprint density at radius 2 is 2.16 bits per heavy atom. The van der Waals surface area contributed by atoms with Gasteiger partial charge in [0.1, 0.15) is 0 Å². The van der Waals surface area contributed by atoms with Gasteiger partial charge in [0.25, 0.3) is 0 Å². The van der Waals surface area contributed by atoms with Crippen LogP contribution >= 0.6 is 0 Å². The van der Waals surface area contributed by atoms with E-state index in [2.05, 4.69) is 43.1 Å². The second kappa shape index (κ2) is 9.23. The molecule has 140 valence electrons. The minimum atomic E-state index is -0.419. The van der Waals surface area contributed by atoms with E-state index < -0.39 is 6.09 Å². The van der Waals surface area contributed by atoms with E-state index in [0.29, 0.717) is 5.92 Å². The SMILES string of the molecule is CCCCCCN1CCC(C)(c2cccc(NC(=O)OC)c2)C(C)C1. The number of nitrogens with one attached hydrogen (secondary N) is 1. The van der Waals surface area contributed by atoms with Crippen LogP contribution in [0.2, 0.25) is 0 Å². The van der Waals surface area contributed by atoms with Crippen molar-refractivity contribution in [3.63, 3.8) is 0 Å². The third-order valence-corrected chi connectivity index (χ3v) is 5.85. The third-order valence-electron chi connectivity index (χ3n) is 5.85. The van der Waals surface area contributed by atoms with E-state index in [4.69, 9.17) is 4.74 Å². The number of carbonyl (C=O) groups is 1. The second-order valence-corrected chi connectivity index (χ2v) is 7.63. The number of hydrogen-bond donors (Lipinski definition) is 1. The van der Waals surface area contributed by atoms with Crippen LogP contribution in [0, 0.1) is 5.92 Å². The van der Waals surface area contributed by atoms with Crippen molar-refractivity contribution in [2.24, 2.45) is 5.92 Å². The number of unbranched alkanes of at least 4 members (excludes halogenated alkanes) is 3. The molecule has 1 heterocycles. The summed E-state index contributed by atoms with van der Waals surface area (Å²) >= 11 is 0. The molecule has 0 radical (unpaired) electrons. The van der Waals surface area contributed by atoms with Crippen LogP contribution in [0.15, 0.2) is 24.3 Å². The molecule has 2 atom stereocenters. The highest BCUT2D eigenvalue weighted by Gasteiger charge is 2.37. The van der Waals surface area contributed by atoms with Crippen molar-refractivity contribution in [3.05, 3.63) is 29.8 Å². The van der Waals surface area contributed by atoms with Crippen LogP contribution in [0.5, 0.6) is 0 Å². The Balaban J connectivity index is 1.99. The number of likely N-dealkylation sites (tertiary alicyclic amines) is 1. The summed E-state index contributed by atoms with van der Waals surface area (Å²) in [6.45, 7) is 10.5. The lowest BCUT2D eigenvalue weighted by molar-refractivity contribution is 0.109. The number of rotatable bonds is 7. The highest BCUT2D eigenvalue weighted by Crippen LogP contribution is 2.40. The molecule has 0 aromatic heterocycles. The molecule has 0 spiro atoms. The summed E-state index contributed by atoms with van der Waals surface area (Å²) in [6.07, 6.45) is 6.04. The van der Waals surface area contributed by atoms with Crippen molar-refractivity contribution >= 4 is 11.8 Å². The number of piperidine rings is 1. The Kier molecular flexibility index (Phi) is 7.30. The zero-order valence-electron chi connectivity index (χ0n) is 16.3. The molecule has 1 saturated heterocycles. The smallest absolute Gasteiger partial charge is 0.411 e. The molecule has 1 aliphatic rings. The largest absolute Gasteiger partial charge is 0.453 e. The van der Waals surface area contributed by atoms with Crippen LogP contribution in [0.25, 0.3) is 0 Å². The molecule has 1 aliphatic heterocycles. The molecular weight excluding hydrogens is 312 g/mol. The number of methoxy groups -OCH3 is 1. The van der Waals surface area contributed by atoms with Crippen molar-refractivity contribution in [2.45, 2.75) is 58.3 Å². The zero-order valence-corrected chi connectivity index (χ0v) is 16.3. The Hall–Kier alpha value is -1.55. The number of ether oxygens (including phenoxy) is 1. The van der Waals surface area contributed by atoms with Gasteiger partial charge in [-0.05, 0) is 55.0 Å². The second-order valence-electron chi connectivity index (χ2n) is 7.63. The first-order valence-corrected chi connectivity index (χ1v) is 9.67. The van der Waals surface area contributed by atoms with Crippen LogP contribution in [-0.2, 0) is 10.2 Å². The molecule has 2 unspecified atom stereocenters. The molecule has 1 aromatic carbocycles. The lowest BCUT2D eigenvalue weighted by atomic mass is 9.68. The van der Waals surface area contributed by atoms with Crippen molar-refractivity contribution in [1.29, 1.82) is 0 Å². The van der Waals surface area contributed by atoms with E-state index in [0.717, 1.165) is 25.2 Å². The van der Waals surface area contributed by atoms with Crippen molar-refractivity contribution in [2.75, 3.05) is 32.1 Å². The van der Waals surface area contributed by atoms with E-state index in [-0.39, 0.29) is 5.41 Å². The van der Waals surface area contributed by atoms with Gasteiger partial charge in [-0.15, -0.1) is 0 Å². The normalized spacial score (nSPS) is 24.1. The first-order chi connectivity index (χ1) is 12.0. The Bertz CT molecular complexity index is 561. The van der Waals surface area contributed by atoms with Crippen LogP contribution in [0.1, 0.15) is 58.4 Å². The molecule has 4 heteroatoms. The van der Waals surface area contributed by atoms with Crippen LogP contribution in [0.3, 0.4) is 0 Å². The highest BCUT2D eigenvalue weighted by molar-refractivity contribution is 5.84. The van der Waals surface area contributed by atoms with E-state index in [1.807, 2.05) is 12.1 Å². The van der Waals surface area contributed by atoms with E-state index in [1.165, 1.54) is 44.9 Å². The first-order valence-electron chi connectivity index (χ1n) is 9.67. The van der Waals surface area contributed by atoms with Crippen molar-refractivity contribution in [3.8, 4) is 0 Å². The fourth-order valence-corrected chi connectivity index (χ4v) is 3.83. The maximum atomic E-state index is 11.5. The molecular formula is C21H34N2O2. The van der Waals surface area contributed by atoms with Gasteiger partial charge in [0.2, 0.25) is 0 Å². The maximum Gasteiger partial charge on any atom is 0.411 e. The van der Waals surface area contributed by atoms with Gasteiger partial charge >= 0.3 is 6.09 Å². The summed E-state index contributed by atoms with van der Waals surface area (Å²) in [5.41, 5.74) is 2.26. The van der Waals surface area contributed by atoms with Crippen LogP contribution in [0.4, 0.5) is 10.5 Å². The molecule has 25 heavy (non-hydrogen) atoms. The molecule has 1 aromatic rings. The monoisotopic (exact) mass is 346 g/mol. The molecule has 1 amide bonds. The summed E-state index contributed by atoms with van der Waals surface area (Å²) in [6, 6.07) is 8.23. The van der Waals surface area contributed by atoms with Crippen molar-refractivity contribution < 1.29 is 9.53 Å². The topological polar surface area (TPSA) is 41.6 Å². The number of hydrogen-bond acceptors (Lipinski definition) is 3. The van der Waals surface area contributed by atoms with Gasteiger partial charge in [-0.2, -0.15) is 0 Å². The predicted molar refractivity (Wildman–Crippen MR) is 104 cm³/mol. The molecule has 0 saturated carbocycles. The van der Waals surface area contributed by atoms with Crippen LogP contribution in [-0.4, -0.2) is 37.7 Å². The highest BCUT2D eigenvalue weighted by atomic mass is 16.5. The lowest BCUT2D eigenvalue weighted by Crippen LogP contribution is -2.47. The summed E-state index contributed by atoms with van der Waals surface area (Å²) in [7, 11) is 1.39. The summed E-state index contributed by atoms with van der Waals surface area (Å²) < 4.78 is 4.70. The molecule has 1 N–H and O–H groups in total. The van der Waals surface area contributed by atoms with Crippen molar-refractivity contribution in [1.82, 2.24) is 4.90 Å². The minimum Gasteiger partial charge on any atom is -0.453 e. The van der Waals surface area contributed by atoms with Gasteiger partial charge < -0.3 is 9.64 Å². The first kappa shape index (κ1) is 19.8. The third kappa shape index (κ3) is 5.21. The quantitative estimate of drug-likeness (QED) is 0.703. The average Bonchev–Trinajstić information content (AvgIpc) is 2.62. The van der Waals surface area contributed by atoms with E-state index in [9.17, 15) is 4.79 Å². The lowest BCUT2D eigenvalue weighted by Gasteiger charge is -2.45. The van der Waals surface area contributed by atoms with Gasteiger partial charge in [-0.25, -0.2) is 4.79 Å². The van der Waals surface area contributed by atoms with Gasteiger partial charge in [-0.3, -0.25) is 5.32 Å². The molecule has 0 aliphatic carbocycles. The fraction of sp³-hybridized carbons (Fsp3) is 0.667. The van der Waals surface area contributed by atoms with Gasteiger partial charge in [0.15, 0.2) is 0 Å². The zero-order chi connectivity index (χ0) is 18.3.